The van der Waals surface area contributed by atoms with Gasteiger partial charge in [-0.05, 0) is 61.2 Å². The molecule has 1 aliphatic rings. The zero-order valence-electron chi connectivity index (χ0n) is 23.6. The Balaban J connectivity index is 1.35. The van der Waals surface area contributed by atoms with Crippen LogP contribution in [0.5, 0.6) is 11.5 Å². The van der Waals surface area contributed by atoms with Crippen LogP contribution in [0.3, 0.4) is 0 Å². The summed E-state index contributed by atoms with van der Waals surface area (Å²) in [6.45, 7) is -0.511. The number of hydrogen-bond donors (Lipinski definition) is 1. The lowest BCUT2D eigenvalue weighted by atomic mass is 9.89. The molecule has 0 aliphatic carbocycles. The monoisotopic (exact) mass is 656 g/mol. The van der Waals surface area contributed by atoms with Gasteiger partial charge >= 0.3 is 18.5 Å². The van der Waals surface area contributed by atoms with E-state index < -0.39 is 59.7 Å². The van der Waals surface area contributed by atoms with Crippen LogP contribution in [0, 0.1) is 11.6 Å². The Labute approximate surface area is 255 Å². The van der Waals surface area contributed by atoms with Gasteiger partial charge in [0.25, 0.3) is 0 Å². The fourth-order valence-corrected chi connectivity index (χ4v) is 5.24. The number of carbonyl (C=O) groups is 1. The predicted octanol–water partition coefficient (Wildman–Crippen LogP) is 7.61. The fraction of sp³-hybridized carbons (Fsp3) is 0.300. The summed E-state index contributed by atoms with van der Waals surface area (Å²) in [5.74, 6) is -4.02. The lowest BCUT2D eigenvalue weighted by Gasteiger charge is -2.32. The van der Waals surface area contributed by atoms with Crippen LogP contribution in [0.25, 0.3) is 17.1 Å². The molecule has 1 fully saturated rings. The van der Waals surface area contributed by atoms with Crippen LogP contribution in [-0.4, -0.2) is 56.7 Å². The molecule has 16 heteroatoms. The van der Waals surface area contributed by atoms with Crippen LogP contribution in [0.2, 0.25) is 0 Å². The van der Waals surface area contributed by atoms with E-state index in [1.54, 1.807) is 24.3 Å². The molecular formula is C30H24F8N4O4. The Kier molecular flexibility index (Phi) is 9.19. The first-order chi connectivity index (χ1) is 21.7. The van der Waals surface area contributed by atoms with Crippen molar-refractivity contribution in [2.45, 2.75) is 37.7 Å². The fourth-order valence-electron chi connectivity index (χ4n) is 5.24. The highest BCUT2D eigenvalue weighted by molar-refractivity contribution is 5.68. The van der Waals surface area contributed by atoms with E-state index in [1.165, 1.54) is 17.0 Å². The standard InChI is InChI=1S/C30H24F8N4O4/c31-20-12-21(23-2-1-3-25(40-23)42-27(30(36,37)38)24(14-39-42)46-28(43)44)26(22(32)13-20)45-15-17-4-6-18(7-5-17)19-8-10-41(11-9-19)16-29(33,34)35/h1-7,12-14,19H,8-11,15-16H2,(H,43,44). The summed E-state index contributed by atoms with van der Waals surface area (Å²) < 4.78 is 119. The number of nitrogens with zero attached hydrogens (tertiary/aromatic N) is 4. The van der Waals surface area contributed by atoms with Crippen LogP contribution < -0.4 is 9.47 Å². The predicted molar refractivity (Wildman–Crippen MR) is 146 cm³/mol. The third-order valence-electron chi connectivity index (χ3n) is 7.26. The number of rotatable bonds is 8. The first-order valence-electron chi connectivity index (χ1n) is 13.7. The molecule has 0 saturated carbocycles. The Hall–Kier alpha value is -4.73. The lowest BCUT2D eigenvalue weighted by molar-refractivity contribution is -0.148. The maximum Gasteiger partial charge on any atom is 0.511 e. The second-order valence-electron chi connectivity index (χ2n) is 10.5. The van der Waals surface area contributed by atoms with Crippen molar-refractivity contribution in [3.63, 3.8) is 0 Å². The Bertz CT molecular complexity index is 1700. The molecule has 4 aromatic rings. The maximum atomic E-state index is 15.0. The molecule has 46 heavy (non-hydrogen) atoms. The Morgan fingerprint density at radius 1 is 0.978 bits per heavy atom. The molecule has 0 amide bonds. The lowest BCUT2D eigenvalue weighted by Crippen LogP contribution is -2.39. The molecule has 0 atom stereocenters. The van der Waals surface area contributed by atoms with Gasteiger partial charge in [0, 0.05) is 11.6 Å². The van der Waals surface area contributed by atoms with Gasteiger partial charge in [-0.15, -0.1) is 0 Å². The molecule has 1 N–H and O–H groups in total. The van der Waals surface area contributed by atoms with E-state index in [0.29, 0.717) is 48.4 Å². The summed E-state index contributed by atoms with van der Waals surface area (Å²) in [5.41, 5.74) is -0.450. The molecule has 1 saturated heterocycles. The van der Waals surface area contributed by atoms with E-state index in [0.717, 1.165) is 17.7 Å². The van der Waals surface area contributed by atoms with Crippen molar-refractivity contribution in [2.24, 2.45) is 0 Å². The highest BCUT2D eigenvalue weighted by Gasteiger charge is 2.41. The highest BCUT2D eigenvalue weighted by atomic mass is 19.4. The van der Waals surface area contributed by atoms with E-state index in [4.69, 9.17) is 9.84 Å². The Morgan fingerprint density at radius 3 is 2.30 bits per heavy atom. The summed E-state index contributed by atoms with van der Waals surface area (Å²) in [5, 5.41) is 12.3. The van der Waals surface area contributed by atoms with Gasteiger partial charge in [0.2, 0.25) is 0 Å². The number of aromatic nitrogens is 3. The summed E-state index contributed by atoms with van der Waals surface area (Å²) in [7, 11) is 0. The van der Waals surface area contributed by atoms with Gasteiger partial charge in [-0.25, -0.2) is 23.2 Å². The molecular weight excluding hydrogens is 632 g/mol. The van der Waals surface area contributed by atoms with Crippen LogP contribution in [0.1, 0.15) is 35.6 Å². The number of hydrogen-bond acceptors (Lipinski definition) is 6. The van der Waals surface area contributed by atoms with E-state index in [2.05, 4.69) is 14.8 Å². The molecule has 2 aromatic carbocycles. The summed E-state index contributed by atoms with van der Waals surface area (Å²) in [6.07, 6.45) is -9.71. The third kappa shape index (κ3) is 7.73. The van der Waals surface area contributed by atoms with Crippen molar-refractivity contribution >= 4 is 6.16 Å². The van der Waals surface area contributed by atoms with Crippen molar-refractivity contribution in [1.29, 1.82) is 0 Å². The molecule has 244 valence electrons. The molecule has 0 radical (unpaired) electrons. The number of ether oxygens (including phenoxy) is 2. The van der Waals surface area contributed by atoms with E-state index >= 15 is 4.39 Å². The second kappa shape index (κ2) is 12.9. The number of alkyl halides is 6. The minimum atomic E-state index is -5.11. The summed E-state index contributed by atoms with van der Waals surface area (Å²) in [4.78, 5) is 16.3. The maximum absolute atomic E-state index is 15.0. The molecule has 5 rings (SSSR count). The van der Waals surface area contributed by atoms with Crippen molar-refractivity contribution in [1.82, 2.24) is 19.7 Å². The van der Waals surface area contributed by atoms with Gasteiger partial charge in [-0.3, -0.25) is 4.90 Å². The molecule has 0 spiro atoms. The molecule has 1 aliphatic heterocycles. The normalized spacial score (nSPS) is 14.8. The molecule has 3 heterocycles. The van der Waals surface area contributed by atoms with Crippen LogP contribution in [0.15, 0.2) is 60.8 Å². The Morgan fingerprint density at radius 2 is 1.67 bits per heavy atom. The zero-order valence-corrected chi connectivity index (χ0v) is 23.6. The van der Waals surface area contributed by atoms with E-state index in [9.17, 15) is 35.5 Å². The quantitative estimate of drug-likeness (QED) is 0.154. The SMILES string of the molecule is O=C(O)Oc1cnn(-c2cccc(-c3cc(F)cc(F)c3OCc3ccc(C4CCN(CC(F)(F)F)CC4)cc3)n2)c1C(F)(F)F. The van der Waals surface area contributed by atoms with Gasteiger partial charge in [0.15, 0.2) is 28.8 Å². The van der Waals surface area contributed by atoms with Gasteiger partial charge in [-0.2, -0.15) is 31.4 Å². The first-order valence-corrected chi connectivity index (χ1v) is 13.7. The van der Waals surface area contributed by atoms with Crippen molar-refractivity contribution in [3.8, 4) is 28.6 Å². The summed E-state index contributed by atoms with van der Waals surface area (Å²) >= 11 is 0. The van der Waals surface area contributed by atoms with Crippen LogP contribution in [0.4, 0.5) is 39.9 Å². The smallest absolute Gasteiger partial charge is 0.485 e. The average Bonchev–Trinajstić information content (AvgIpc) is 3.40. The number of piperidine rings is 1. The minimum Gasteiger partial charge on any atom is -0.485 e. The topological polar surface area (TPSA) is 89.7 Å². The number of halogens is 8. The van der Waals surface area contributed by atoms with Crippen molar-refractivity contribution in [2.75, 3.05) is 19.6 Å². The van der Waals surface area contributed by atoms with Gasteiger partial charge < -0.3 is 14.6 Å². The second-order valence-corrected chi connectivity index (χ2v) is 10.5. The number of carboxylic acid groups (broad SMARTS) is 1. The minimum absolute atomic E-state index is 0.0679. The van der Waals surface area contributed by atoms with Crippen LogP contribution >= 0.6 is 0 Å². The van der Waals surface area contributed by atoms with E-state index in [1.807, 2.05) is 0 Å². The number of pyridine rings is 1. The van der Waals surface area contributed by atoms with Crippen LogP contribution in [-0.2, 0) is 12.8 Å². The molecule has 8 nitrogen and oxygen atoms in total. The number of likely N-dealkylation sites (tertiary alicyclic amines) is 1. The zero-order chi connectivity index (χ0) is 33.2. The molecule has 2 aromatic heterocycles. The van der Waals surface area contributed by atoms with Crippen molar-refractivity contribution in [3.05, 3.63) is 89.2 Å². The molecule has 0 unspecified atom stereocenters. The first kappa shape index (κ1) is 32.7. The summed E-state index contributed by atoms with van der Waals surface area (Å²) in [6, 6.07) is 12.2. The third-order valence-corrected chi connectivity index (χ3v) is 7.26. The average molecular weight is 657 g/mol. The molecule has 0 bridgehead atoms. The van der Waals surface area contributed by atoms with E-state index in [-0.39, 0.29) is 23.8 Å². The van der Waals surface area contributed by atoms with Gasteiger partial charge in [-0.1, -0.05) is 30.3 Å². The van der Waals surface area contributed by atoms with Gasteiger partial charge in [0.05, 0.1) is 18.4 Å². The number of benzene rings is 2. The van der Waals surface area contributed by atoms with Gasteiger partial charge in [0.1, 0.15) is 12.4 Å². The largest absolute Gasteiger partial charge is 0.511 e. The van der Waals surface area contributed by atoms with Crippen molar-refractivity contribution < 1.29 is 54.5 Å². The highest BCUT2D eigenvalue weighted by Crippen LogP contribution is 2.39.